The van der Waals surface area contributed by atoms with Crippen LogP contribution in [0, 0.1) is 5.92 Å². The number of nitrogens with zero attached hydrogens (tertiary/aromatic N) is 4. The summed E-state index contributed by atoms with van der Waals surface area (Å²) in [5, 5.41) is 12.0. The largest absolute Gasteiger partial charge is 0.376 e. The van der Waals surface area contributed by atoms with Gasteiger partial charge in [0.15, 0.2) is 12.2 Å². The van der Waals surface area contributed by atoms with Crippen molar-refractivity contribution in [3.8, 4) is 0 Å². The summed E-state index contributed by atoms with van der Waals surface area (Å²) < 4.78 is 0. The number of aliphatic hydroxyl groups is 1. The molecule has 0 aromatic heterocycles. The van der Waals surface area contributed by atoms with E-state index in [0.717, 1.165) is 26.1 Å². The summed E-state index contributed by atoms with van der Waals surface area (Å²) in [6, 6.07) is 12.2. The maximum atomic E-state index is 13.2. The number of amides is 4. The van der Waals surface area contributed by atoms with Crippen LogP contribution in [0.2, 0.25) is 0 Å². The minimum Gasteiger partial charge on any atom is -0.376 e. The fourth-order valence-corrected chi connectivity index (χ4v) is 4.32. The van der Waals surface area contributed by atoms with Crippen LogP contribution in [0.5, 0.6) is 0 Å². The fourth-order valence-electron chi connectivity index (χ4n) is 4.32. The first-order valence-electron chi connectivity index (χ1n) is 10.4. The average Bonchev–Trinajstić information content (AvgIpc) is 2.76. The van der Waals surface area contributed by atoms with Gasteiger partial charge < -0.3 is 5.11 Å². The third kappa shape index (κ3) is 3.57. The first kappa shape index (κ1) is 21.0. The lowest BCUT2D eigenvalue weighted by molar-refractivity contribution is -0.151. The third-order valence-electron chi connectivity index (χ3n) is 5.80. The van der Waals surface area contributed by atoms with Crippen LogP contribution in [0.15, 0.2) is 47.5 Å². The van der Waals surface area contributed by atoms with E-state index in [-0.39, 0.29) is 18.1 Å². The highest BCUT2D eigenvalue weighted by atomic mass is 16.3. The van der Waals surface area contributed by atoms with Crippen molar-refractivity contribution >= 4 is 34.3 Å². The van der Waals surface area contributed by atoms with E-state index in [1.807, 2.05) is 56.3 Å². The number of rotatable bonds is 5. The van der Waals surface area contributed by atoms with Crippen LogP contribution in [-0.2, 0) is 16.0 Å². The average molecular weight is 422 g/mol. The molecule has 2 aromatic carbocycles. The molecule has 1 fully saturated rings. The Balaban J connectivity index is 1.78. The highest BCUT2D eigenvalue weighted by molar-refractivity contribution is 6.40. The zero-order chi connectivity index (χ0) is 22.3. The zero-order valence-electron chi connectivity index (χ0n) is 17.9. The summed E-state index contributed by atoms with van der Waals surface area (Å²) in [4.78, 5) is 47.1. The van der Waals surface area contributed by atoms with E-state index in [1.165, 1.54) is 11.9 Å². The summed E-state index contributed by atoms with van der Waals surface area (Å²) in [7, 11) is 1.39. The molecule has 0 aliphatic carbocycles. The Morgan fingerprint density at radius 1 is 1.03 bits per heavy atom. The monoisotopic (exact) mass is 422 g/mol. The number of carbonyl (C=O) groups is 3. The van der Waals surface area contributed by atoms with Gasteiger partial charge in [-0.2, -0.15) is 0 Å². The zero-order valence-corrected chi connectivity index (χ0v) is 17.9. The lowest BCUT2D eigenvalue weighted by atomic mass is 9.97. The first-order chi connectivity index (χ1) is 14.8. The number of aliphatic hydroxyl groups excluding tert-OH is 1. The molecular formula is C23H26N4O4. The molecule has 2 heterocycles. The third-order valence-corrected chi connectivity index (χ3v) is 5.80. The number of benzene rings is 2. The van der Waals surface area contributed by atoms with E-state index in [0.29, 0.717) is 6.54 Å². The molecule has 1 N–H and O–H groups in total. The van der Waals surface area contributed by atoms with E-state index in [9.17, 15) is 19.5 Å². The van der Waals surface area contributed by atoms with Crippen molar-refractivity contribution in [3.63, 3.8) is 0 Å². The number of fused-ring (bicyclic) bond motifs is 2. The predicted octanol–water partition coefficient (Wildman–Crippen LogP) is 1.86. The quantitative estimate of drug-likeness (QED) is 0.796. The van der Waals surface area contributed by atoms with Crippen molar-refractivity contribution in [1.29, 1.82) is 0 Å². The molecule has 8 heteroatoms. The van der Waals surface area contributed by atoms with Crippen LogP contribution < -0.4 is 0 Å². The fraction of sp³-hybridized carbons (Fsp3) is 0.391. The molecule has 2 aromatic rings. The van der Waals surface area contributed by atoms with E-state index >= 15 is 0 Å². The van der Waals surface area contributed by atoms with Crippen molar-refractivity contribution < 1.29 is 19.5 Å². The number of carbonyl (C=O) groups excluding carboxylic acids is 3. The Hall–Kier alpha value is -3.26. The van der Waals surface area contributed by atoms with Crippen molar-refractivity contribution in [3.05, 3.63) is 48.0 Å². The van der Waals surface area contributed by atoms with Crippen LogP contribution >= 0.6 is 0 Å². The lowest BCUT2D eigenvalue weighted by Crippen LogP contribution is -2.71. The molecule has 4 amide bonds. The van der Waals surface area contributed by atoms with Crippen LogP contribution in [0.1, 0.15) is 19.4 Å². The van der Waals surface area contributed by atoms with Crippen molar-refractivity contribution in [2.45, 2.75) is 32.5 Å². The minimum absolute atomic E-state index is 0.142. The van der Waals surface area contributed by atoms with Crippen LogP contribution in [0.4, 0.5) is 4.79 Å². The van der Waals surface area contributed by atoms with Gasteiger partial charge in [-0.1, -0.05) is 56.3 Å². The molecule has 8 nitrogen and oxygen atoms in total. The second-order valence-electron chi connectivity index (χ2n) is 8.39. The van der Waals surface area contributed by atoms with Gasteiger partial charge in [0, 0.05) is 20.0 Å². The normalized spacial score (nSPS) is 21.8. The number of aliphatic imine (C=N–C) groups is 1. The molecule has 4 rings (SSSR count). The first-order valence-corrected chi connectivity index (χ1v) is 10.4. The van der Waals surface area contributed by atoms with Gasteiger partial charge in [-0.15, -0.1) is 0 Å². The molecule has 162 valence electrons. The Morgan fingerprint density at radius 2 is 1.74 bits per heavy atom. The molecular weight excluding hydrogens is 396 g/mol. The SMILES string of the molecule is CC(C)CN1C(=O)N(C)C(=O)C2C1N=C(Cc1cccc3ccccc13)C(=O)N2CO. The Labute approximate surface area is 180 Å². The molecule has 0 spiro atoms. The van der Waals surface area contributed by atoms with Crippen molar-refractivity contribution in [2.75, 3.05) is 20.3 Å². The number of hydrogen-bond donors (Lipinski definition) is 1. The molecule has 0 radical (unpaired) electrons. The summed E-state index contributed by atoms with van der Waals surface area (Å²) in [6.07, 6.45) is -0.610. The number of imide groups is 1. The molecule has 0 bridgehead atoms. The molecule has 2 aliphatic heterocycles. The summed E-state index contributed by atoms with van der Waals surface area (Å²) in [5.74, 6) is -0.884. The standard InChI is InChI=1S/C23H26N4O4/c1-14(2)12-26-20-19(22(30)25(3)23(26)31)27(13-28)21(29)18(24-20)11-16-9-6-8-15-7-4-5-10-17(15)16/h4-10,14,19-20,28H,11-13H2,1-3H3. The van der Waals surface area contributed by atoms with Crippen molar-refractivity contribution in [1.82, 2.24) is 14.7 Å². The maximum absolute atomic E-state index is 13.2. The Kier molecular flexibility index (Phi) is 5.49. The molecule has 31 heavy (non-hydrogen) atoms. The minimum atomic E-state index is -1.03. The molecule has 2 atom stereocenters. The van der Waals surface area contributed by atoms with Gasteiger partial charge >= 0.3 is 6.03 Å². The van der Waals surface area contributed by atoms with Gasteiger partial charge in [-0.3, -0.25) is 29.3 Å². The van der Waals surface area contributed by atoms with Gasteiger partial charge in [-0.25, -0.2) is 4.79 Å². The number of likely N-dealkylation sites (N-methyl/N-ethyl adjacent to an activating group) is 1. The van der Waals surface area contributed by atoms with Crippen LogP contribution in [0.3, 0.4) is 0 Å². The van der Waals surface area contributed by atoms with Crippen LogP contribution in [0.25, 0.3) is 10.8 Å². The Morgan fingerprint density at radius 3 is 2.45 bits per heavy atom. The molecule has 2 aliphatic rings. The smallest absolute Gasteiger partial charge is 0.328 e. The highest BCUT2D eigenvalue weighted by Gasteiger charge is 2.52. The second kappa shape index (κ2) is 8.11. The van der Waals surface area contributed by atoms with Crippen molar-refractivity contribution in [2.24, 2.45) is 10.9 Å². The van der Waals surface area contributed by atoms with E-state index in [2.05, 4.69) is 4.99 Å². The van der Waals surface area contributed by atoms with Crippen LogP contribution in [-0.4, -0.2) is 75.9 Å². The molecule has 0 saturated carbocycles. The van der Waals surface area contributed by atoms with Gasteiger partial charge in [0.25, 0.3) is 11.8 Å². The molecule has 2 unspecified atom stereocenters. The van der Waals surface area contributed by atoms with Gasteiger partial charge in [0.1, 0.15) is 12.4 Å². The van der Waals surface area contributed by atoms with Gasteiger partial charge in [-0.05, 0) is 22.3 Å². The van der Waals surface area contributed by atoms with E-state index in [4.69, 9.17) is 0 Å². The van der Waals surface area contributed by atoms with Gasteiger partial charge in [0.05, 0.1) is 0 Å². The number of hydrogen-bond acceptors (Lipinski definition) is 5. The van der Waals surface area contributed by atoms with Gasteiger partial charge in [0.2, 0.25) is 0 Å². The maximum Gasteiger partial charge on any atom is 0.328 e. The summed E-state index contributed by atoms with van der Waals surface area (Å²) >= 11 is 0. The summed E-state index contributed by atoms with van der Waals surface area (Å²) in [6.45, 7) is 3.70. The Bertz CT molecular complexity index is 1070. The van der Waals surface area contributed by atoms with E-state index < -0.39 is 36.8 Å². The summed E-state index contributed by atoms with van der Waals surface area (Å²) in [5.41, 5.74) is 1.15. The number of urea groups is 1. The van der Waals surface area contributed by atoms with E-state index in [1.54, 1.807) is 0 Å². The molecule has 1 saturated heterocycles. The second-order valence-corrected chi connectivity index (χ2v) is 8.39. The highest BCUT2D eigenvalue weighted by Crippen LogP contribution is 2.28. The lowest BCUT2D eigenvalue weighted by Gasteiger charge is -2.47. The topological polar surface area (TPSA) is 93.5 Å². The predicted molar refractivity (Wildman–Crippen MR) is 116 cm³/mol.